The second kappa shape index (κ2) is 7.53. The van der Waals surface area contributed by atoms with Crippen LogP contribution in [0.5, 0.6) is 0 Å². The molecule has 2 N–H and O–H groups in total. The number of hydrogen-bond donors (Lipinski definition) is 1. The van der Waals surface area contributed by atoms with Crippen LogP contribution in [0.2, 0.25) is 10.3 Å². The SMILES string of the molecule is NS(=O)(=O)c1ccc(Cl)nc1.O=S(=O)(Cl)c1ccc(Cl)nc1. The van der Waals surface area contributed by atoms with E-state index >= 15 is 0 Å². The van der Waals surface area contributed by atoms with Gasteiger partial charge in [0.2, 0.25) is 10.0 Å². The van der Waals surface area contributed by atoms with Gasteiger partial charge in [0.25, 0.3) is 9.05 Å². The Kier molecular flexibility index (Phi) is 6.53. The summed E-state index contributed by atoms with van der Waals surface area (Å²) >= 11 is 10.8. The Morgan fingerprint density at radius 2 is 1.23 bits per heavy atom. The molecular formula is C10H8Cl3N3O4S2. The molecule has 0 unspecified atom stereocenters. The highest BCUT2D eigenvalue weighted by molar-refractivity contribution is 8.13. The summed E-state index contributed by atoms with van der Waals surface area (Å²) in [7, 11) is -2.31. The fourth-order valence-corrected chi connectivity index (χ4v) is 2.40. The lowest BCUT2D eigenvalue weighted by atomic mass is 10.5. The fraction of sp³-hybridized carbons (Fsp3) is 0. The van der Waals surface area contributed by atoms with Crippen LogP contribution in [0, 0.1) is 0 Å². The lowest BCUT2D eigenvalue weighted by Gasteiger charge is -1.94. The van der Waals surface area contributed by atoms with Gasteiger partial charge in [0, 0.05) is 23.1 Å². The first kappa shape index (κ1) is 19.1. The second-order valence-electron chi connectivity index (χ2n) is 3.62. The van der Waals surface area contributed by atoms with Crippen molar-refractivity contribution in [2.24, 2.45) is 5.14 Å². The van der Waals surface area contributed by atoms with Crippen LogP contribution in [0.15, 0.2) is 46.5 Å². The average Bonchev–Trinajstić information content (AvgIpc) is 2.38. The van der Waals surface area contributed by atoms with Crippen molar-refractivity contribution < 1.29 is 16.8 Å². The molecule has 0 bridgehead atoms. The molecule has 0 aromatic carbocycles. The van der Waals surface area contributed by atoms with Crippen molar-refractivity contribution in [1.82, 2.24) is 9.97 Å². The number of nitrogens with two attached hydrogens (primary N) is 1. The van der Waals surface area contributed by atoms with E-state index in [-0.39, 0.29) is 20.1 Å². The highest BCUT2D eigenvalue weighted by Gasteiger charge is 2.09. The number of sulfonamides is 1. The highest BCUT2D eigenvalue weighted by Crippen LogP contribution is 2.14. The van der Waals surface area contributed by atoms with Crippen molar-refractivity contribution in [3.05, 3.63) is 47.0 Å². The Morgan fingerprint density at radius 3 is 1.50 bits per heavy atom. The molecule has 2 heterocycles. The standard InChI is InChI=1S/C5H3Cl2NO2S.C5H5ClN2O2S/c2*6-5-2-1-4(3-8-5)11(7,9)10/h1-3H;1-3H,(H2,7,9,10). The third-order valence-electron chi connectivity index (χ3n) is 2.01. The van der Waals surface area contributed by atoms with Crippen LogP contribution < -0.4 is 5.14 Å². The summed E-state index contributed by atoms with van der Waals surface area (Å²) in [5, 5.41) is 5.26. The minimum atomic E-state index is -3.67. The molecule has 12 heteroatoms. The molecule has 0 amide bonds. The van der Waals surface area contributed by atoms with Crippen LogP contribution in [0.1, 0.15) is 0 Å². The molecule has 2 rings (SSSR count). The first-order chi connectivity index (χ1) is 10.00. The van der Waals surface area contributed by atoms with E-state index in [2.05, 4.69) is 9.97 Å². The normalized spacial score (nSPS) is 11.5. The van der Waals surface area contributed by atoms with Crippen molar-refractivity contribution >= 4 is 53.0 Å². The predicted molar refractivity (Wildman–Crippen MR) is 82.9 cm³/mol. The summed E-state index contributed by atoms with van der Waals surface area (Å²) in [4.78, 5) is 7.01. The van der Waals surface area contributed by atoms with Gasteiger partial charge in [-0.3, -0.25) is 0 Å². The van der Waals surface area contributed by atoms with E-state index in [0.717, 1.165) is 12.4 Å². The monoisotopic (exact) mass is 403 g/mol. The Bertz CT molecular complexity index is 764. The van der Waals surface area contributed by atoms with Gasteiger partial charge in [-0.05, 0) is 24.3 Å². The molecule has 0 aliphatic rings. The molecule has 120 valence electrons. The first-order valence-electron chi connectivity index (χ1n) is 5.21. The van der Waals surface area contributed by atoms with Crippen molar-refractivity contribution in [3.63, 3.8) is 0 Å². The molecule has 7 nitrogen and oxygen atoms in total. The summed E-state index contributed by atoms with van der Waals surface area (Å²) in [5.74, 6) is 0. The maximum atomic E-state index is 10.6. The minimum Gasteiger partial charge on any atom is -0.243 e. The van der Waals surface area contributed by atoms with E-state index in [0.29, 0.717) is 0 Å². The van der Waals surface area contributed by atoms with Crippen LogP contribution in [0.4, 0.5) is 0 Å². The van der Waals surface area contributed by atoms with Gasteiger partial charge < -0.3 is 0 Å². The second-order valence-corrected chi connectivity index (χ2v) is 8.52. The Hall–Kier alpha value is -0.970. The first-order valence-corrected chi connectivity index (χ1v) is 9.82. The molecule has 0 aliphatic heterocycles. The zero-order chi connectivity index (χ0) is 17.0. The molecule has 2 aromatic heterocycles. The molecule has 0 saturated carbocycles. The lowest BCUT2D eigenvalue weighted by molar-refractivity contribution is 0.597. The predicted octanol–water partition coefficient (Wildman–Crippen LogP) is 2.04. The van der Waals surface area contributed by atoms with Crippen LogP contribution >= 0.6 is 33.9 Å². The molecule has 0 fully saturated rings. The molecule has 2 aromatic rings. The van der Waals surface area contributed by atoms with Crippen LogP contribution in [-0.4, -0.2) is 26.8 Å². The fourth-order valence-electron chi connectivity index (χ4n) is 1.04. The van der Waals surface area contributed by atoms with E-state index < -0.39 is 19.1 Å². The molecule has 22 heavy (non-hydrogen) atoms. The molecule has 0 radical (unpaired) electrons. The summed E-state index contributed by atoms with van der Waals surface area (Å²) in [6, 6.07) is 5.31. The average molecular weight is 405 g/mol. The van der Waals surface area contributed by atoms with E-state index in [1.807, 2.05) is 0 Å². The van der Waals surface area contributed by atoms with Gasteiger partial charge in [-0.1, -0.05) is 23.2 Å². The van der Waals surface area contributed by atoms with E-state index in [1.54, 1.807) is 0 Å². The Balaban J connectivity index is 0.000000220. The molecular weight excluding hydrogens is 397 g/mol. The Morgan fingerprint density at radius 1 is 0.818 bits per heavy atom. The highest BCUT2D eigenvalue weighted by atomic mass is 35.7. The topological polar surface area (TPSA) is 120 Å². The van der Waals surface area contributed by atoms with Gasteiger partial charge >= 0.3 is 0 Å². The quantitative estimate of drug-likeness (QED) is 0.604. The van der Waals surface area contributed by atoms with Gasteiger partial charge in [-0.25, -0.2) is 31.9 Å². The van der Waals surface area contributed by atoms with Crippen LogP contribution in [0.25, 0.3) is 0 Å². The number of nitrogens with zero attached hydrogens (tertiary/aromatic N) is 2. The van der Waals surface area contributed by atoms with E-state index in [1.165, 1.54) is 24.3 Å². The van der Waals surface area contributed by atoms with Gasteiger partial charge in [-0.15, -0.1) is 0 Å². The van der Waals surface area contributed by atoms with Crippen LogP contribution in [-0.2, 0) is 19.1 Å². The molecule has 0 aliphatic carbocycles. The zero-order valence-corrected chi connectivity index (χ0v) is 14.4. The van der Waals surface area contributed by atoms with Gasteiger partial charge in [0.15, 0.2) is 0 Å². The zero-order valence-electron chi connectivity index (χ0n) is 10.5. The summed E-state index contributed by atoms with van der Waals surface area (Å²) in [6.45, 7) is 0. The number of primary sulfonamides is 1. The number of hydrogen-bond acceptors (Lipinski definition) is 6. The van der Waals surface area contributed by atoms with Crippen molar-refractivity contribution in [1.29, 1.82) is 0 Å². The van der Waals surface area contributed by atoms with Gasteiger partial charge in [-0.2, -0.15) is 0 Å². The Labute approximate surface area is 141 Å². The molecule has 0 saturated heterocycles. The maximum absolute atomic E-state index is 10.6. The minimum absolute atomic E-state index is 0.0399. The maximum Gasteiger partial charge on any atom is 0.262 e. The van der Waals surface area contributed by atoms with Crippen molar-refractivity contribution in [2.75, 3.05) is 0 Å². The summed E-state index contributed by atoms with van der Waals surface area (Å²) in [5.41, 5.74) is 0. The summed E-state index contributed by atoms with van der Waals surface area (Å²) in [6.07, 6.45) is 2.21. The third kappa shape index (κ3) is 6.42. The van der Waals surface area contributed by atoms with Gasteiger partial charge in [0.05, 0.1) is 0 Å². The number of rotatable bonds is 2. The van der Waals surface area contributed by atoms with Crippen LogP contribution in [0.3, 0.4) is 0 Å². The summed E-state index contributed by atoms with van der Waals surface area (Å²) < 4.78 is 42.5. The number of pyridine rings is 2. The number of halogens is 3. The largest absolute Gasteiger partial charge is 0.262 e. The van der Waals surface area contributed by atoms with E-state index in [9.17, 15) is 16.8 Å². The smallest absolute Gasteiger partial charge is 0.243 e. The number of aromatic nitrogens is 2. The van der Waals surface area contributed by atoms with Crippen molar-refractivity contribution in [2.45, 2.75) is 9.79 Å². The molecule has 0 spiro atoms. The van der Waals surface area contributed by atoms with E-state index in [4.69, 9.17) is 39.0 Å². The van der Waals surface area contributed by atoms with Gasteiger partial charge in [0.1, 0.15) is 20.1 Å². The third-order valence-corrected chi connectivity index (χ3v) is 4.70. The lowest BCUT2D eigenvalue weighted by Crippen LogP contribution is -2.12. The van der Waals surface area contributed by atoms with Crippen molar-refractivity contribution in [3.8, 4) is 0 Å². The molecule has 0 atom stereocenters.